The van der Waals surface area contributed by atoms with Crippen molar-refractivity contribution in [3.63, 3.8) is 0 Å². The standard InChI is InChI=1S/C17H13N7O2/c18-5-9-1-2-12-11(3-9)16-13(6-19-12)20-14(21-16)4-15-22-17(26-23-15)24-7-10(25)8-24/h1-3,6,10,25H,4,7-8H2,(H,20,21). The van der Waals surface area contributed by atoms with E-state index >= 15 is 0 Å². The summed E-state index contributed by atoms with van der Waals surface area (Å²) in [5, 5.41) is 23.3. The van der Waals surface area contributed by atoms with E-state index in [2.05, 4.69) is 31.2 Å². The van der Waals surface area contributed by atoms with E-state index < -0.39 is 0 Å². The lowest BCUT2D eigenvalue weighted by Gasteiger charge is -2.33. The molecule has 9 heteroatoms. The fourth-order valence-electron chi connectivity index (χ4n) is 3.07. The molecule has 9 nitrogen and oxygen atoms in total. The van der Waals surface area contributed by atoms with Crippen molar-refractivity contribution in [2.45, 2.75) is 12.5 Å². The van der Waals surface area contributed by atoms with Crippen LogP contribution in [0.3, 0.4) is 0 Å². The van der Waals surface area contributed by atoms with Gasteiger partial charge < -0.3 is 19.5 Å². The van der Waals surface area contributed by atoms with E-state index in [0.29, 0.717) is 42.7 Å². The Labute approximate surface area is 146 Å². The summed E-state index contributed by atoms with van der Waals surface area (Å²) in [6, 6.07) is 7.89. The Hall–Kier alpha value is -3.51. The summed E-state index contributed by atoms with van der Waals surface area (Å²) in [5.74, 6) is 1.20. The summed E-state index contributed by atoms with van der Waals surface area (Å²) in [4.78, 5) is 18.4. The van der Waals surface area contributed by atoms with Gasteiger partial charge in [-0.2, -0.15) is 10.2 Å². The molecule has 5 rings (SSSR count). The minimum Gasteiger partial charge on any atom is -0.389 e. The zero-order chi connectivity index (χ0) is 17.7. The Morgan fingerprint density at radius 1 is 1.35 bits per heavy atom. The van der Waals surface area contributed by atoms with Crippen LogP contribution in [-0.4, -0.2) is 49.4 Å². The first-order valence-electron chi connectivity index (χ1n) is 8.12. The van der Waals surface area contributed by atoms with Gasteiger partial charge in [0.05, 0.1) is 60.0 Å². The molecule has 0 aliphatic carbocycles. The van der Waals surface area contributed by atoms with Gasteiger partial charge in [-0.1, -0.05) is 5.16 Å². The number of H-pyrrole nitrogens is 1. The number of rotatable bonds is 3. The van der Waals surface area contributed by atoms with Gasteiger partial charge >= 0.3 is 6.01 Å². The van der Waals surface area contributed by atoms with Crippen molar-refractivity contribution in [1.82, 2.24) is 25.1 Å². The average molecular weight is 347 g/mol. The highest BCUT2D eigenvalue weighted by Gasteiger charge is 2.28. The third-order valence-corrected chi connectivity index (χ3v) is 4.41. The number of pyridine rings is 1. The number of anilines is 1. The molecule has 1 saturated heterocycles. The molecule has 1 aromatic carbocycles. The van der Waals surface area contributed by atoms with E-state index in [0.717, 1.165) is 21.9 Å². The summed E-state index contributed by atoms with van der Waals surface area (Å²) < 4.78 is 5.23. The Bertz CT molecular complexity index is 1170. The lowest BCUT2D eigenvalue weighted by Crippen LogP contribution is -2.51. The first-order chi connectivity index (χ1) is 12.7. The Morgan fingerprint density at radius 2 is 2.23 bits per heavy atom. The van der Waals surface area contributed by atoms with Gasteiger partial charge in [0.25, 0.3) is 0 Å². The highest BCUT2D eigenvalue weighted by molar-refractivity contribution is 6.02. The number of aromatic amines is 1. The minimum absolute atomic E-state index is 0.334. The fourth-order valence-corrected chi connectivity index (χ4v) is 3.07. The predicted molar refractivity (Wildman–Crippen MR) is 91.4 cm³/mol. The molecule has 3 aromatic heterocycles. The summed E-state index contributed by atoms with van der Waals surface area (Å²) >= 11 is 0. The third-order valence-electron chi connectivity index (χ3n) is 4.41. The lowest BCUT2D eigenvalue weighted by atomic mass is 10.1. The second-order valence-electron chi connectivity index (χ2n) is 6.28. The van der Waals surface area contributed by atoms with Crippen LogP contribution in [0.4, 0.5) is 6.01 Å². The number of fused-ring (bicyclic) bond motifs is 3. The number of aliphatic hydroxyl groups excluding tert-OH is 1. The monoisotopic (exact) mass is 347 g/mol. The second kappa shape index (κ2) is 5.50. The number of benzene rings is 1. The maximum Gasteiger partial charge on any atom is 0.324 e. The molecule has 2 N–H and O–H groups in total. The summed E-state index contributed by atoms with van der Waals surface area (Å²) in [7, 11) is 0. The molecule has 4 heterocycles. The number of nitrogens with zero attached hydrogens (tertiary/aromatic N) is 6. The fraction of sp³-hybridized carbons (Fsp3) is 0.235. The molecular weight excluding hydrogens is 334 g/mol. The van der Waals surface area contributed by atoms with Crippen LogP contribution < -0.4 is 4.90 Å². The molecule has 128 valence electrons. The number of hydrogen-bond donors (Lipinski definition) is 2. The Kier molecular flexibility index (Phi) is 3.13. The molecule has 1 aliphatic rings. The number of aliphatic hydroxyl groups is 1. The molecule has 0 saturated carbocycles. The maximum atomic E-state index is 9.35. The normalized spacial score (nSPS) is 14.7. The minimum atomic E-state index is -0.334. The van der Waals surface area contributed by atoms with E-state index in [1.54, 1.807) is 18.3 Å². The van der Waals surface area contributed by atoms with Crippen LogP contribution in [-0.2, 0) is 6.42 Å². The highest BCUT2D eigenvalue weighted by atomic mass is 16.5. The van der Waals surface area contributed by atoms with E-state index in [-0.39, 0.29) is 6.10 Å². The highest BCUT2D eigenvalue weighted by Crippen LogP contribution is 2.24. The molecule has 0 radical (unpaired) electrons. The largest absolute Gasteiger partial charge is 0.389 e. The van der Waals surface area contributed by atoms with Gasteiger partial charge in [-0.05, 0) is 18.2 Å². The number of imidazole rings is 1. The van der Waals surface area contributed by atoms with Crippen molar-refractivity contribution < 1.29 is 9.63 Å². The van der Waals surface area contributed by atoms with Crippen LogP contribution in [0.2, 0.25) is 0 Å². The lowest BCUT2D eigenvalue weighted by molar-refractivity contribution is 0.135. The van der Waals surface area contributed by atoms with Crippen LogP contribution in [0, 0.1) is 11.3 Å². The number of nitriles is 1. The average Bonchev–Trinajstić information content (AvgIpc) is 3.25. The molecule has 26 heavy (non-hydrogen) atoms. The number of aromatic nitrogens is 5. The van der Waals surface area contributed by atoms with Crippen molar-refractivity contribution in [1.29, 1.82) is 5.26 Å². The summed E-state index contributed by atoms with van der Waals surface area (Å²) in [6.45, 7) is 1.01. The zero-order valence-electron chi connectivity index (χ0n) is 13.5. The summed E-state index contributed by atoms with van der Waals surface area (Å²) in [5.41, 5.74) is 2.90. The molecule has 0 bridgehead atoms. The van der Waals surface area contributed by atoms with Gasteiger partial charge in [-0.15, -0.1) is 0 Å². The van der Waals surface area contributed by atoms with Crippen LogP contribution in [0.5, 0.6) is 0 Å². The zero-order valence-corrected chi connectivity index (χ0v) is 13.5. The third kappa shape index (κ3) is 2.35. The quantitative estimate of drug-likeness (QED) is 0.564. The number of hydrogen-bond acceptors (Lipinski definition) is 8. The van der Waals surface area contributed by atoms with E-state index in [1.165, 1.54) is 0 Å². The summed E-state index contributed by atoms with van der Waals surface area (Å²) in [6.07, 6.45) is 1.77. The predicted octanol–water partition coefficient (Wildman–Crippen LogP) is 1.14. The molecule has 1 aliphatic heterocycles. The number of nitrogens with one attached hydrogen (secondary N) is 1. The first kappa shape index (κ1) is 14.8. The SMILES string of the molecule is N#Cc1ccc2ncc3[nH]c(Cc4noc(N5CC(O)C5)n4)nc3c2c1. The van der Waals surface area contributed by atoms with Crippen molar-refractivity contribution in [3.8, 4) is 6.07 Å². The van der Waals surface area contributed by atoms with Gasteiger partial charge in [0.2, 0.25) is 0 Å². The second-order valence-corrected chi connectivity index (χ2v) is 6.28. The van der Waals surface area contributed by atoms with Crippen molar-refractivity contribution in [2.24, 2.45) is 0 Å². The van der Waals surface area contributed by atoms with Crippen LogP contribution in [0.25, 0.3) is 21.9 Å². The molecule has 0 amide bonds. The van der Waals surface area contributed by atoms with Crippen LogP contribution in [0.15, 0.2) is 28.9 Å². The van der Waals surface area contributed by atoms with Gasteiger partial charge in [-0.25, -0.2) is 4.98 Å². The molecule has 0 atom stereocenters. The van der Waals surface area contributed by atoms with Crippen molar-refractivity contribution in [2.75, 3.05) is 18.0 Å². The molecular formula is C17H13N7O2. The molecule has 1 fully saturated rings. The number of β-amino-alcohol motifs (C(OH)–C–C–N with tert-alkyl or cyclic N) is 1. The van der Waals surface area contributed by atoms with Crippen molar-refractivity contribution in [3.05, 3.63) is 41.6 Å². The van der Waals surface area contributed by atoms with E-state index in [4.69, 9.17) is 9.78 Å². The van der Waals surface area contributed by atoms with Gasteiger partial charge in [0.1, 0.15) is 5.82 Å². The van der Waals surface area contributed by atoms with Gasteiger partial charge in [-0.3, -0.25) is 4.98 Å². The van der Waals surface area contributed by atoms with E-state index in [9.17, 15) is 5.11 Å². The van der Waals surface area contributed by atoms with Crippen LogP contribution >= 0.6 is 0 Å². The van der Waals surface area contributed by atoms with Crippen molar-refractivity contribution >= 4 is 28.0 Å². The Balaban J connectivity index is 1.48. The van der Waals surface area contributed by atoms with E-state index in [1.807, 2.05) is 11.0 Å². The molecule has 0 spiro atoms. The topological polar surface area (TPSA) is 128 Å². The van der Waals surface area contributed by atoms with Gasteiger partial charge in [0, 0.05) is 5.39 Å². The Morgan fingerprint density at radius 3 is 3.04 bits per heavy atom. The first-order valence-corrected chi connectivity index (χ1v) is 8.12. The molecule has 0 unspecified atom stereocenters. The maximum absolute atomic E-state index is 9.35. The smallest absolute Gasteiger partial charge is 0.324 e. The van der Waals surface area contributed by atoms with Gasteiger partial charge in [0.15, 0.2) is 5.82 Å². The molecule has 4 aromatic rings. The van der Waals surface area contributed by atoms with Crippen LogP contribution in [0.1, 0.15) is 17.2 Å².